The zero-order valence-electron chi connectivity index (χ0n) is 14.9. The van der Waals surface area contributed by atoms with Crippen molar-refractivity contribution in [2.45, 2.75) is 38.5 Å². The van der Waals surface area contributed by atoms with E-state index in [1.54, 1.807) is 0 Å². The van der Waals surface area contributed by atoms with Gasteiger partial charge in [0.2, 0.25) is 0 Å². The Morgan fingerprint density at radius 1 is 1.19 bits per heavy atom. The third kappa shape index (κ3) is 1.61. The predicted molar refractivity (Wildman–Crippen MR) is 97.0 cm³/mol. The second-order valence-electron chi connectivity index (χ2n) is 8.23. The fourth-order valence-electron chi connectivity index (χ4n) is 5.52. The van der Waals surface area contributed by atoms with Crippen LogP contribution in [0.25, 0.3) is 11.4 Å². The van der Waals surface area contributed by atoms with Crippen LogP contribution in [0.3, 0.4) is 0 Å². The van der Waals surface area contributed by atoms with E-state index in [1.807, 2.05) is 49.5 Å². The molecule has 4 nitrogen and oxygen atoms in total. The minimum absolute atomic E-state index is 0.0123. The number of allylic oxidation sites excluding steroid dienone is 2. The summed E-state index contributed by atoms with van der Waals surface area (Å²) < 4.78 is 0. The van der Waals surface area contributed by atoms with Gasteiger partial charge in [-0.3, -0.25) is 4.79 Å². The number of hydrogen-bond acceptors (Lipinski definition) is 4. The quantitative estimate of drug-likeness (QED) is 0.792. The second kappa shape index (κ2) is 4.67. The molecule has 0 amide bonds. The van der Waals surface area contributed by atoms with Crippen LogP contribution in [0.15, 0.2) is 48.2 Å². The Morgan fingerprint density at radius 3 is 2.69 bits per heavy atom. The molecular formula is C22H19N3O. The van der Waals surface area contributed by atoms with E-state index in [2.05, 4.69) is 18.0 Å². The highest BCUT2D eigenvalue weighted by atomic mass is 16.1. The molecule has 26 heavy (non-hydrogen) atoms. The highest BCUT2D eigenvalue weighted by Gasteiger charge is 2.78. The summed E-state index contributed by atoms with van der Waals surface area (Å²) in [5, 5.41) is 9.52. The van der Waals surface area contributed by atoms with Crippen LogP contribution in [-0.4, -0.2) is 15.8 Å². The Labute approximate surface area is 152 Å². The zero-order valence-corrected chi connectivity index (χ0v) is 14.9. The number of nitrogens with zero attached hydrogens (tertiary/aromatic N) is 3. The number of carbonyl (C=O) groups is 1. The van der Waals surface area contributed by atoms with Crippen molar-refractivity contribution in [1.82, 2.24) is 9.97 Å². The maximum atomic E-state index is 12.8. The van der Waals surface area contributed by atoms with Gasteiger partial charge in [0.25, 0.3) is 0 Å². The Hall–Kier alpha value is -2.80. The van der Waals surface area contributed by atoms with Crippen molar-refractivity contribution < 1.29 is 4.79 Å². The van der Waals surface area contributed by atoms with E-state index in [4.69, 9.17) is 4.98 Å². The second-order valence-corrected chi connectivity index (χ2v) is 8.23. The molecule has 3 aliphatic carbocycles. The molecule has 0 aliphatic heterocycles. The van der Waals surface area contributed by atoms with Crippen molar-refractivity contribution in [2.24, 2.45) is 10.8 Å². The molecule has 4 heteroatoms. The maximum absolute atomic E-state index is 12.8. The number of carbonyl (C=O) groups excluding carboxylic acids is 1. The van der Waals surface area contributed by atoms with Gasteiger partial charge in [0.15, 0.2) is 11.6 Å². The lowest BCUT2D eigenvalue weighted by molar-refractivity contribution is -0.122. The van der Waals surface area contributed by atoms with Crippen molar-refractivity contribution in [3.63, 3.8) is 0 Å². The zero-order chi connectivity index (χ0) is 18.2. The van der Waals surface area contributed by atoms with Gasteiger partial charge in [-0.2, -0.15) is 5.26 Å². The van der Waals surface area contributed by atoms with E-state index in [0.717, 1.165) is 36.1 Å². The van der Waals surface area contributed by atoms with Crippen LogP contribution >= 0.6 is 0 Å². The maximum Gasteiger partial charge on any atom is 0.179 e. The van der Waals surface area contributed by atoms with Gasteiger partial charge >= 0.3 is 0 Å². The first kappa shape index (κ1) is 15.5. The fourth-order valence-corrected chi connectivity index (χ4v) is 5.52. The summed E-state index contributed by atoms with van der Waals surface area (Å²) in [7, 11) is 0. The monoisotopic (exact) mass is 341 g/mol. The smallest absolute Gasteiger partial charge is 0.179 e. The summed E-state index contributed by atoms with van der Waals surface area (Å²) in [6.45, 7) is 4.18. The van der Waals surface area contributed by atoms with Gasteiger partial charge < -0.3 is 0 Å². The van der Waals surface area contributed by atoms with Crippen LogP contribution in [0, 0.1) is 22.2 Å². The van der Waals surface area contributed by atoms with Crippen LogP contribution in [-0.2, 0) is 16.6 Å². The molecule has 3 aliphatic rings. The normalized spacial score (nSPS) is 34.0. The molecule has 3 atom stereocenters. The molecule has 2 aromatic rings. The summed E-state index contributed by atoms with van der Waals surface area (Å²) in [4.78, 5) is 22.3. The topological polar surface area (TPSA) is 66.6 Å². The highest BCUT2D eigenvalue weighted by molar-refractivity contribution is 6.07. The van der Waals surface area contributed by atoms with E-state index >= 15 is 0 Å². The number of nitriles is 1. The largest absolute Gasteiger partial charge is 0.293 e. The molecule has 1 saturated carbocycles. The number of benzene rings is 1. The van der Waals surface area contributed by atoms with Crippen LogP contribution in [0.5, 0.6) is 0 Å². The third-order valence-electron chi connectivity index (χ3n) is 7.09. The van der Waals surface area contributed by atoms with Crippen LogP contribution < -0.4 is 0 Å². The lowest BCUT2D eigenvalue weighted by Crippen LogP contribution is -2.46. The molecule has 0 saturated heterocycles. The Morgan fingerprint density at radius 2 is 1.96 bits per heavy atom. The average molecular weight is 341 g/mol. The minimum atomic E-state index is -0.433. The standard InChI is InChI=1S/C22H19N3O/c1-20-10-16(11-23)18(26)21(2)13-22(20,21)9-8-15-12-24-19(25-17(15)20)14-6-4-3-5-7-14/h3-7,10,12H,8-9,13H2,1-2H3/t20-,21+,22+/m1/s1. The van der Waals surface area contributed by atoms with Gasteiger partial charge in [-0.25, -0.2) is 9.97 Å². The van der Waals surface area contributed by atoms with Crippen molar-refractivity contribution >= 4 is 5.78 Å². The number of Topliss-reactive ketones (excluding diaryl/α,β-unsaturated/α-hetero) is 1. The van der Waals surface area contributed by atoms with E-state index in [-0.39, 0.29) is 16.8 Å². The Bertz CT molecular complexity index is 1040. The molecule has 128 valence electrons. The van der Waals surface area contributed by atoms with Gasteiger partial charge in [0.1, 0.15) is 6.07 Å². The molecule has 1 heterocycles. The first-order valence-corrected chi connectivity index (χ1v) is 9.05. The first-order chi connectivity index (χ1) is 12.5. The summed E-state index contributed by atoms with van der Waals surface area (Å²) >= 11 is 0. The first-order valence-electron chi connectivity index (χ1n) is 9.05. The van der Waals surface area contributed by atoms with Gasteiger partial charge in [0, 0.05) is 22.6 Å². The van der Waals surface area contributed by atoms with Gasteiger partial charge in [-0.1, -0.05) is 43.3 Å². The predicted octanol–water partition coefficient (Wildman–Crippen LogP) is 3.78. The molecule has 5 rings (SSSR count). The SMILES string of the molecule is C[C@@]12C[C@]13CCc1cnc(-c4ccccc4)nc1[C@@]3(C)C=C(C#N)C2=O. The van der Waals surface area contributed by atoms with Crippen LogP contribution in [0.4, 0.5) is 0 Å². The van der Waals surface area contributed by atoms with E-state index < -0.39 is 10.8 Å². The van der Waals surface area contributed by atoms with Crippen molar-refractivity contribution in [1.29, 1.82) is 5.26 Å². The minimum Gasteiger partial charge on any atom is -0.293 e. The fraction of sp³-hybridized carbons (Fsp3) is 0.364. The third-order valence-corrected chi connectivity index (χ3v) is 7.09. The number of rotatable bonds is 1. The highest BCUT2D eigenvalue weighted by Crippen LogP contribution is 2.78. The molecule has 1 fully saturated rings. The average Bonchev–Trinajstić information content (AvgIpc) is 3.31. The molecule has 0 radical (unpaired) electrons. The number of aromatic nitrogens is 2. The van der Waals surface area contributed by atoms with Crippen molar-refractivity contribution in [3.8, 4) is 17.5 Å². The molecular weight excluding hydrogens is 322 g/mol. The number of fused-ring (bicyclic) bond motifs is 2. The molecule has 1 spiro atoms. The van der Waals surface area contributed by atoms with Crippen LogP contribution in [0.1, 0.15) is 37.9 Å². The van der Waals surface area contributed by atoms with E-state index in [0.29, 0.717) is 5.82 Å². The molecule has 0 bridgehead atoms. The lowest BCUT2D eigenvalue weighted by Gasteiger charge is -2.45. The molecule has 1 aromatic carbocycles. The van der Waals surface area contributed by atoms with E-state index in [1.165, 1.54) is 0 Å². The van der Waals surface area contributed by atoms with E-state index in [9.17, 15) is 10.1 Å². The van der Waals surface area contributed by atoms with Crippen LogP contribution in [0.2, 0.25) is 0 Å². The number of aryl methyl sites for hydroxylation is 1. The number of hydrogen-bond donors (Lipinski definition) is 0. The van der Waals surface area contributed by atoms with Gasteiger partial charge in [0.05, 0.1) is 11.3 Å². The summed E-state index contributed by atoms with van der Waals surface area (Å²) in [5.74, 6) is 0.715. The Balaban J connectivity index is 1.75. The Kier molecular flexibility index (Phi) is 2.78. The molecule has 0 unspecified atom stereocenters. The van der Waals surface area contributed by atoms with Gasteiger partial charge in [-0.15, -0.1) is 0 Å². The summed E-state index contributed by atoms with van der Waals surface area (Å²) in [6, 6.07) is 12.1. The molecule has 0 N–H and O–H groups in total. The summed E-state index contributed by atoms with van der Waals surface area (Å²) in [5.41, 5.74) is 2.44. The molecule has 1 aromatic heterocycles. The van der Waals surface area contributed by atoms with Crippen molar-refractivity contribution in [3.05, 3.63) is 59.4 Å². The number of ketones is 1. The summed E-state index contributed by atoms with van der Waals surface area (Å²) in [6.07, 6.45) is 6.49. The van der Waals surface area contributed by atoms with Crippen molar-refractivity contribution in [2.75, 3.05) is 0 Å². The lowest BCUT2D eigenvalue weighted by atomic mass is 9.57. The van der Waals surface area contributed by atoms with Gasteiger partial charge in [-0.05, 0) is 37.2 Å².